The Morgan fingerprint density at radius 1 is 1.13 bits per heavy atom. The minimum absolute atomic E-state index is 0.207. The first-order valence-electron chi connectivity index (χ1n) is 10.4. The van der Waals surface area contributed by atoms with E-state index in [1.807, 2.05) is 43.7 Å². The van der Waals surface area contributed by atoms with Crippen molar-refractivity contribution in [3.05, 3.63) is 58.6 Å². The van der Waals surface area contributed by atoms with Crippen LogP contribution in [0.4, 0.5) is 5.95 Å². The molecule has 0 aliphatic carbocycles. The van der Waals surface area contributed by atoms with Gasteiger partial charge >= 0.3 is 0 Å². The topological polar surface area (TPSA) is 69.0 Å². The molecule has 158 valence electrons. The van der Waals surface area contributed by atoms with Gasteiger partial charge in [0, 0.05) is 30.3 Å². The first-order valence-corrected chi connectivity index (χ1v) is 10.4. The first kappa shape index (κ1) is 21.6. The van der Waals surface area contributed by atoms with Crippen LogP contribution in [0.3, 0.4) is 0 Å². The molecule has 0 bridgehead atoms. The van der Waals surface area contributed by atoms with E-state index in [1.54, 1.807) is 13.2 Å². The van der Waals surface area contributed by atoms with Crippen LogP contribution < -0.4 is 5.32 Å². The maximum Gasteiger partial charge on any atom is 0.258 e. The number of ether oxygens (including phenoxy) is 1. The minimum Gasteiger partial charge on any atom is -0.501 e. The van der Waals surface area contributed by atoms with E-state index < -0.39 is 0 Å². The van der Waals surface area contributed by atoms with E-state index in [0.717, 1.165) is 58.6 Å². The molecule has 3 aromatic rings. The maximum absolute atomic E-state index is 13.1. The van der Waals surface area contributed by atoms with Gasteiger partial charge in [-0.2, -0.15) is 0 Å². The molecule has 0 atom stereocenters. The second-order valence-electron chi connectivity index (χ2n) is 7.53. The van der Waals surface area contributed by atoms with Crippen molar-refractivity contribution in [2.24, 2.45) is 7.05 Å². The van der Waals surface area contributed by atoms with Gasteiger partial charge < -0.3 is 9.30 Å². The van der Waals surface area contributed by atoms with Crippen LogP contribution in [0.5, 0.6) is 0 Å². The lowest BCUT2D eigenvalue weighted by atomic mass is 10.0. The molecule has 1 amide bonds. The van der Waals surface area contributed by atoms with Crippen molar-refractivity contribution < 1.29 is 9.53 Å². The zero-order valence-corrected chi connectivity index (χ0v) is 18.7. The Labute approximate surface area is 178 Å². The van der Waals surface area contributed by atoms with Gasteiger partial charge in [0.25, 0.3) is 5.91 Å². The fourth-order valence-electron chi connectivity index (χ4n) is 3.66. The molecule has 1 N–H and O–H groups in total. The molecule has 0 unspecified atom stereocenters. The van der Waals surface area contributed by atoms with Gasteiger partial charge in [-0.05, 0) is 56.5 Å². The van der Waals surface area contributed by atoms with Gasteiger partial charge in [0.15, 0.2) is 0 Å². The number of amides is 1. The van der Waals surface area contributed by atoms with Gasteiger partial charge in [0.2, 0.25) is 5.95 Å². The lowest BCUT2D eigenvalue weighted by molar-refractivity contribution is 0.102. The summed E-state index contributed by atoms with van der Waals surface area (Å²) in [7, 11) is 3.60. The molecule has 0 saturated carbocycles. The van der Waals surface area contributed by atoms with E-state index in [4.69, 9.17) is 4.74 Å². The molecule has 2 heterocycles. The van der Waals surface area contributed by atoms with E-state index >= 15 is 0 Å². The normalized spacial score (nSPS) is 12.1. The van der Waals surface area contributed by atoms with Crippen molar-refractivity contribution in [2.75, 3.05) is 12.4 Å². The lowest BCUT2D eigenvalue weighted by Gasteiger charge is -2.14. The zero-order valence-electron chi connectivity index (χ0n) is 18.7. The van der Waals surface area contributed by atoms with Gasteiger partial charge in [0.05, 0.1) is 23.8 Å². The number of aromatic nitrogens is 3. The number of hydrogen-bond donors (Lipinski definition) is 1. The lowest BCUT2D eigenvalue weighted by Crippen LogP contribution is -2.16. The third-order valence-electron chi connectivity index (χ3n) is 5.20. The summed E-state index contributed by atoms with van der Waals surface area (Å²) in [5.41, 5.74) is 6.15. The quantitative estimate of drug-likeness (QED) is 0.533. The summed E-state index contributed by atoms with van der Waals surface area (Å²) >= 11 is 0. The largest absolute Gasteiger partial charge is 0.501 e. The third kappa shape index (κ3) is 4.37. The summed E-state index contributed by atoms with van der Waals surface area (Å²) in [4.78, 5) is 22.3. The number of methoxy groups -OCH3 is 1. The number of hydrogen-bond acceptors (Lipinski definition) is 4. The number of allylic oxidation sites excluding steroid dienone is 2. The molecule has 1 aromatic carbocycles. The molecule has 2 aromatic heterocycles. The Hall–Kier alpha value is -3.15. The summed E-state index contributed by atoms with van der Waals surface area (Å²) in [5.74, 6) is 1.24. The number of rotatable bonds is 7. The summed E-state index contributed by atoms with van der Waals surface area (Å²) in [6.45, 7) is 8.14. The summed E-state index contributed by atoms with van der Waals surface area (Å²) in [6, 6.07) is 9.67. The SMILES string of the molecule is CCC/C(OC)=C(\CC)c1cc(C(=O)Nc2nc3ccc(C)cc3n2C)cc(C)n1. The highest BCUT2D eigenvalue weighted by Crippen LogP contribution is 2.26. The van der Waals surface area contributed by atoms with Crippen LogP contribution in [0.15, 0.2) is 36.1 Å². The second-order valence-corrected chi connectivity index (χ2v) is 7.53. The monoisotopic (exact) mass is 406 g/mol. The molecule has 0 radical (unpaired) electrons. The number of nitrogens with zero attached hydrogens (tertiary/aromatic N) is 3. The number of aryl methyl sites for hydroxylation is 3. The van der Waals surface area contributed by atoms with E-state index in [1.165, 1.54) is 0 Å². The van der Waals surface area contributed by atoms with E-state index in [0.29, 0.717) is 11.5 Å². The Kier molecular flexibility index (Phi) is 6.55. The summed E-state index contributed by atoms with van der Waals surface area (Å²) in [6.07, 6.45) is 2.61. The van der Waals surface area contributed by atoms with Crippen molar-refractivity contribution in [2.45, 2.75) is 47.0 Å². The van der Waals surface area contributed by atoms with Gasteiger partial charge in [-0.1, -0.05) is 19.9 Å². The number of carbonyl (C=O) groups is 1. The molecule has 0 aliphatic rings. The van der Waals surface area contributed by atoms with Gasteiger partial charge in [-0.3, -0.25) is 15.1 Å². The number of anilines is 1. The molecule has 0 spiro atoms. The third-order valence-corrected chi connectivity index (χ3v) is 5.20. The Morgan fingerprint density at radius 3 is 2.57 bits per heavy atom. The highest BCUT2D eigenvalue weighted by Gasteiger charge is 2.16. The Morgan fingerprint density at radius 2 is 1.90 bits per heavy atom. The zero-order chi connectivity index (χ0) is 21.8. The van der Waals surface area contributed by atoms with Gasteiger partial charge in [-0.25, -0.2) is 4.98 Å². The summed E-state index contributed by atoms with van der Waals surface area (Å²) < 4.78 is 7.52. The van der Waals surface area contributed by atoms with Crippen molar-refractivity contribution in [1.82, 2.24) is 14.5 Å². The average molecular weight is 407 g/mol. The fourth-order valence-corrected chi connectivity index (χ4v) is 3.66. The fraction of sp³-hybridized carbons (Fsp3) is 0.375. The van der Waals surface area contributed by atoms with E-state index in [9.17, 15) is 4.79 Å². The van der Waals surface area contributed by atoms with Crippen LogP contribution in [-0.4, -0.2) is 27.6 Å². The highest BCUT2D eigenvalue weighted by atomic mass is 16.5. The van der Waals surface area contributed by atoms with Crippen LogP contribution in [0, 0.1) is 13.8 Å². The molecule has 0 fully saturated rings. The van der Waals surface area contributed by atoms with Crippen LogP contribution in [0.25, 0.3) is 16.6 Å². The van der Waals surface area contributed by atoms with Crippen molar-refractivity contribution in [3.8, 4) is 0 Å². The van der Waals surface area contributed by atoms with Crippen LogP contribution in [-0.2, 0) is 11.8 Å². The number of imidazole rings is 1. The number of carbonyl (C=O) groups excluding carboxylic acids is 1. The second kappa shape index (κ2) is 9.11. The molecule has 30 heavy (non-hydrogen) atoms. The van der Waals surface area contributed by atoms with Crippen LogP contribution in [0.2, 0.25) is 0 Å². The Bertz CT molecular complexity index is 1110. The van der Waals surface area contributed by atoms with Crippen molar-refractivity contribution >= 4 is 28.5 Å². The number of benzene rings is 1. The molecular weight excluding hydrogens is 376 g/mol. The van der Waals surface area contributed by atoms with Crippen molar-refractivity contribution in [1.29, 1.82) is 0 Å². The Balaban J connectivity index is 1.96. The van der Waals surface area contributed by atoms with E-state index in [2.05, 4.69) is 35.2 Å². The van der Waals surface area contributed by atoms with Crippen LogP contribution in [0.1, 0.15) is 60.4 Å². The predicted molar refractivity (Wildman–Crippen MR) is 122 cm³/mol. The number of fused-ring (bicyclic) bond motifs is 1. The average Bonchev–Trinajstić information content (AvgIpc) is 3.02. The van der Waals surface area contributed by atoms with Gasteiger partial charge in [-0.15, -0.1) is 0 Å². The molecule has 0 aliphatic heterocycles. The molecule has 6 heteroatoms. The smallest absolute Gasteiger partial charge is 0.258 e. The predicted octanol–water partition coefficient (Wildman–Crippen LogP) is 5.41. The molecule has 3 rings (SSSR count). The number of nitrogens with one attached hydrogen (secondary N) is 1. The van der Waals surface area contributed by atoms with Crippen molar-refractivity contribution in [3.63, 3.8) is 0 Å². The highest BCUT2D eigenvalue weighted by molar-refractivity contribution is 6.04. The van der Waals surface area contributed by atoms with Gasteiger partial charge in [0.1, 0.15) is 5.76 Å². The minimum atomic E-state index is -0.207. The number of pyridine rings is 1. The molecular formula is C24H30N4O2. The molecule has 6 nitrogen and oxygen atoms in total. The molecule has 0 saturated heterocycles. The van der Waals surface area contributed by atoms with Crippen LogP contribution >= 0.6 is 0 Å². The first-order chi connectivity index (χ1) is 14.4. The van der Waals surface area contributed by atoms with E-state index in [-0.39, 0.29) is 5.91 Å². The summed E-state index contributed by atoms with van der Waals surface area (Å²) in [5, 5.41) is 2.95. The standard InChI is InChI=1S/C24H30N4O2/c1-7-9-22(30-6)18(8-2)20-14-17(13-16(4)25-20)23(29)27-24-26-19-11-10-15(3)12-21(19)28(24)5/h10-14H,7-9H2,1-6H3,(H,26,27,29)/b22-18-. The maximum atomic E-state index is 13.1.